The zero-order valence-corrected chi connectivity index (χ0v) is 17.0. The Balaban J connectivity index is 1.77. The lowest BCUT2D eigenvalue weighted by atomic mass is 10.0. The van der Waals surface area contributed by atoms with Gasteiger partial charge in [0.05, 0.1) is 51.2 Å². The van der Waals surface area contributed by atoms with Crippen molar-refractivity contribution in [2.24, 2.45) is 0 Å². The van der Waals surface area contributed by atoms with Gasteiger partial charge in [0.2, 0.25) is 0 Å². The predicted molar refractivity (Wildman–Crippen MR) is 109 cm³/mol. The van der Waals surface area contributed by atoms with E-state index in [1.54, 1.807) is 25.4 Å². The largest absolute Gasteiger partial charge is 0.497 e. The highest BCUT2D eigenvalue weighted by Crippen LogP contribution is 2.28. The first-order valence-electron chi connectivity index (χ1n) is 9.71. The number of methoxy groups -OCH3 is 1. The number of carbonyl (C=O) groups is 2. The van der Waals surface area contributed by atoms with Crippen molar-refractivity contribution in [1.82, 2.24) is 9.78 Å². The third-order valence-electron chi connectivity index (χ3n) is 5.09. The van der Waals surface area contributed by atoms with E-state index in [1.165, 1.54) is 11.6 Å². The number of ketones is 1. The summed E-state index contributed by atoms with van der Waals surface area (Å²) >= 11 is 0. The van der Waals surface area contributed by atoms with Gasteiger partial charge in [0.15, 0.2) is 5.78 Å². The molecule has 1 N–H and O–H groups in total. The molecule has 160 valence electrons. The molecule has 0 unspecified atom stereocenters. The molecule has 1 fully saturated rings. The zero-order valence-electron chi connectivity index (χ0n) is 17.0. The molecule has 1 aliphatic rings. The number of anilines is 1. The molecular formula is C21H25N3O6. The number of nitrogens with zero attached hydrogens (tertiary/aromatic N) is 3. The van der Waals surface area contributed by atoms with Gasteiger partial charge in [-0.25, -0.2) is 4.68 Å². The van der Waals surface area contributed by atoms with E-state index in [-0.39, 0.29) is 37.0 Å². The van der Waals surface area contributed by atoms with Gasteiger partial charge in [0.25, 0.3) is 5.56 Å². The minimum absolute atomic E-state index is 0.0180. The second-order valence-electron chi connectivity index (χ2n) is 7.13. The van der Waals surface area contributed by atoms with Crippen molar-refractivity contribution in [3.8, 4) is 5.75 Å². The Kier molecular flexibility index (Phi) is 6.83. The summed E-state index contributed by atoms with van der Waals surface area (Å²) in [5, 5.41) is 13.0. The van der Waals surface area contributed by atoms with E-state index >= 15 is 0 Å². The lowest BCUT2D eigenvalue weighted by molar-refractivity contribution is -0.138. The number of carboxylic acids is 1. The molecule has 1 atom stereocenters. The first-order chi connectivity index (χ1) is 14.4. The average Bonchev–Trinajstić information content (AvgIpc) is 2.69. The van der Waals surface area contributed by atoms with E-state index in [4.69, 9.17) is 14.6 Å². The van der Waals surface area contributed by atoms with Gasteiger partial charge in [-0.2, -0.15) is 5.10 Å². The van der Waals surface area contributed by atoms with Gasteiger partial charge in [0.1, 0.15) is 11.3 Å². The van der Waals surface area contributed by atoms with Gasteiger partial charge >= 0.3 is 5.97 Å². The number of hydrogen-bond acceptors (Lipinski definition) is 7. The normalized spacial score (nSPS) is 15.5. The van der Waals surface area contributed by atoms with Crippen LogP contribution in [0.5, 0.6) is 5.75 Å². The summed E-state index contributed by atoms with van der Waals surface area (Å²) in [4.78, 5) is 37.8. The summed E-state index contributed by atoms with van der Waals surface area (Å²) in [6.07, 6.45) is 2.32. The van der Waals surface area contributed by atoms with Gasteiger partial charge in [0, 0.05) is 6.54 Å². The second-order valence-corrected chi connectivity index (χ2v) is 7.13. The zero-order chi connectivity index (χ0) is 21.7. The van der Waals surface area contributed by atoms with Crippen molar-refractivity contribution in [3.05, 3.63) is 51.9 Å². The van der Waals surface area contributed by atoms with Crippen LogP contribution in [0.25, 0.3) is 0 Å². The minimum atomic E-state index is -0.913. The minimum Gasteiger partial charge on any atom is -0.497 e. The molecule has 1 aromatic heterocycles. The van der Waals surface area contributed by atoms with Crippen molar-refractivity contribution in [2.45, 2.75) is 32.4 Å². The predicted octanol–water partition coefficient (Wildman–Crippen LogP) is 1.57. The van der Waals surface area contributed by atoms with Crippen LogP contribution in [0, 0.1) is 0 Å². The SMILES string of the molecule is COc1ccc(Cn2ncc(N3CC[C@H]3COCCC(=O)O)c(C(C)=O)c2=O)cc1. The average molecular weight is 415 g/mol. The molecule has 9 nitrogen and oxygen atoms in total. The van der Waals surface area contributed by atoms with E-state index in [0.717, 1.165) is 12.0 Å². The number of ether oxygens (including phenoxy) is 2. The van der Waals surface area contributed by atoms with Crippen LogP contribution >= 0.6 is 0 Å². The van der Waals surface area contributed by atoms with Crippen LogP contribution < -0.4 is 15.2 Å². The fraction of sp³-hybridized carbons (Fsp3) is 0.429. The highest BCUT2D eigenvalue weighted by atomic mass is 16.5. The number of carboxylic acid groups (broad SMARTS) is 1. The molecule has 0 amide bonds. The highest BCUT2D eigenvalue weighted by molar-refractivity contribution is 5.99. The van der Waals surface area contributed by atoms with E-state index in [9.17, 15) is 14.4 Å². The van der Waals surface area contributed by atoms with E-state index in [1.807, 2.05) is 17.0 Å². The van der Waals surface area contributed by atoms with Crippen molar-refractivity contribution >= 4 is 17.4 Å². The smallest absolute Gasteiger partial charge is 0.305 e. The van der Waals surface area contributed by atoms with Crippen LogP contribution in [0.1, 0.15) is 35.7 Å². The number of benzene rings is 1. The Hall–Kier alpha value is -3.20. The molecular weight excluding hydrogens is 390 g/mol. The van der Waals surface area contributed by atoms with Crippen molar-refractivity contribution in [2.75, 3.05) is 31.8 Å². The van der Waals surface area contributed by atoms with Crippen molar-refractivity contribution in [3.63, 3.8) is 0 Å². The molecule has 9 heteroatoms. The van der Waals surface area contributed by atoms with Gasteiger partial charge in [-0.3, -0.25) is 14.4 Å². The Morgan fingerprint density at radius 3 is 2.57 bits per heavy atom. The van der Waals surface area contributed by atoms with E-state index in [0.29, 0.717) is 24.6 Å². The maximum absolute atomic E-state index is 13.0. The topological polar surface area (TPSA) is 111 Å². The maximum atomic E-state index is 13.0. The summed E-state index contributed by atoms with van der Waals surface area (Å²) in [5.41, 5.74) is 1.03. The fourth-order valence-electron chi connectivity index (χ4n) is 3.36. The number of aromatic nitrogens is 2. The van der Waals surface area contributed by atoms with Crippen LogP contribution in [-0.4, -0.2) is 59.5 Å². The third kappa shape index (κ3) is 4.85. The quantitative estimate of drug-likeness (QED) is 0.460. The van der Waals surface area contributed by atoms with Crippen LogP contribution in [0.15, 0.2) is 35.3 Å². The molecule has 3 rings (SSSR count). The standard InChI is InChI=1S/C21H25N3O6/c1-14(25)20-18(23-9-7-16(23)13-30-10-8-19(26)27)11-22-24(21(20)28)12-15-3-5-17(29-2)6-4-15/h3-6,11,16H,7-10,12-13H2,1-2H3,(H,26,27)/t16-/m0/s1. The van der Waals surface area contributed by atoms with E-state index in [2.05, 4.69) is 5.10 Å². The molecule has 2 heterocycles. The Morgan fingerprint density at radius 1 is 1.27 bits per heavy atom. The molecule has 2 aromatic rings. The number of rotatable bonds is 10. The Morgan fingerprint density at radius 2 is 2.00 bits per heavy atom. The van der Waals surface area contributed by atoms with Crippen LogP contribution in [0.3, 0.4) is 0 Å². The van der Waals surface area contributed by atoms with Crippen LogP contribution in [-0.2, 0) is 16.1 Å². The maximum Gasteiger partial charge on any atom is 0.305 e. The van der Waals surface area contributed by atoms with Crippen LogP contribution in [0.2, 0.25) is 0 Å². The van der Waals surface area contributed by atoms with Gasteiger partial charge in [-0.05, 0) is 31.0 Å². The summed E-state index contributed by atoms with van der Waals surface area (Å²) in [6, 6.07) is 7.27. The summed E-state index contributed by atoms with van der Waals surface area (Å²) in [7, 11) is 1.58. The monoisotopic (exact) mass is 415 g/mol. The number of Topliss-reactive ketones (excluding diaryl/α,β-unsaturated/α-hetero) is 1. The van der Waals surface area contributed by atoms with Crippen LogP contribution in [0.4, 0.5) is 5.69 Å². The molecule has 0 spiro atoms. The molecule has 0 radical (unpaired) electrons. The first kappa shape index (κ1) is 21.5. The molecule has 1 aliphatic heterocycles. The third-order valence-corrected chi connectivity index (χ3v) is 5.09. The summed E-state index contributed by atoms with van der Waals surface area (Å²) in [5.74, 6) is -0.518. The molecule has 1 saturated heterocycles. The number of aliphatic carboxylic acids is 1. The van der Waals surface area contributed by atoms with Gasteiger partial charge in [-0.1, -0.05) is 12.1 Å². The van der Waals surface area contributed by atoms with Gasteiger partial charge in [-0.15, -0.1) is 0 Å². The first-order valence-corrected chi connectivity index (χ1v) is 9.71. The lowest BCUT2D eigenvalue weighted by Gasteiger charge is -2.43. The highest BCUT2D eigenvalue weighted by Gasteiger charge is 2.32. The molecule has 0 aliphatic carbocycles. The number of carbonyl (C=O) groups excluding carboxylic acids is 1. The van der Waals surface area contributed by atoms with E-state index < -0.39 is 11.5 Å². The molecule has 0 bridgehead atoms. The van der Waals surface area contributed by atoms with Crippen molar-refractivity contribution in [1.29, 1.82) is 0 Å². The van der Waals surface area contributed by atoms with Gasteiger partial charge < -0.3 is 19.5 Å². The second kappa shape index (κ2) is 9.53. The molecule has 30 heavy (non-hydrogen) atoms. The Labute approximate surface area is 173 Å². The summed E-state index contributed by atoms with van der Waals surface area (Å²) < 4.78 is 11.8. The molecule has 1 aromatic carbocycles. The Bertz CT molecular complexity index is 970. The summed E-state index contributed by atoms with van der Waals surface area (Å²) in [6.45, 7) is 2.75. The fourth-order valence-corrected chi connectivity index (χ4v) is 3.36. The van der Waals surface area contributed by atoms with Crippen molar-refractivity contribution < 1.29 is 24.2 Å². The molecule has 0 saturated carbocycles. The number of hydrogen-bond donors (Lipinski definition) is 1. The lowest BCUT2D eigenvalue weighted by Crippen LogP contribution is -2.52.